The molecule has 0 amide bonds. The van der Waals surface area contributed by atoms with Crippen molar-refractivity contribution in [2.75, 3.05) is 0 Å². The van der Waals surface area contributed by atoms with Gasteiger partial charge in [-0.25, -0.2) is 0 Å². The van der Waals surface area contributed by atoms with Gasteiger partial charge in [0.2, 0.25) is 0 Å². The molecule has 3 aromatic rings. The monoisotopic (exact) mass is 463 g/mol. The second-order valence-corrected chi connectivity index (χ2v) is 9.07. The minimum atomic E-state index is -4.85. The van der Waals surface area contributed by atoms with Crippen LogP contribution in [-0.2, 0) is 4.79 Å². The number of alkyl halides is 3. The molecule has 1 aromatic heterocycles. The third kappa shape index (κ3) is 5.30. The van der Waals surface area contributed by atoms with Gasteiger partial charge in [0.15, 0.2) is 0 Å². The van der Waals surface area contributed by atoms with E-state index in [2.05, 4.69) is 4.74 Å². The molecule has 1 unspecified atom stereocenters. The van der Waals surface area contributed by atoms with Gasteiger partial charge in [-0.15, -0.1) is 13.2 Å². The van der Waals surface area contributed by atoms with Crippen LogP contribution < -0.4 is 4.74 Å². The molecule has 0 fully saturated rings. The second kappa shape index (κ2) is 8.46. The van der Waals surface area contributed by atoms with Gasteiger partial charge in [-0.05, 0) is 66.8 Å². The Hall–Kier alpha value is -3.49. The fourth-order valence-electron chi connectivity index (χ4n) is 3.99. The number of benzene rings is 2. The third-order valence-corrected chi connectivity index (χ3v) is 5.24. The molecule has 0 aliphatic heterocycles. The van der Waals surface area contributed by atoms with Crippen LogP contribution in [0, 0.1) is 12.3 Å². The van der Waals surface area contributed by atoms with Crippen LogP contribution in [0.3, 0.4) is 0 Å². The van der Waals surface area contributed by atoms with Crippen LogP contribution in [0.5, 0.6) is 11.5 Å². The quantitative estimate of drug-likeness (QED) is 0.496. The number of aliphatic carboxylic acids is 1. The van der Waals surface area contributed by atoms with E-state index in [1.54, 1.807) is 6.92 Å². The Labute approximate surface area is 188 Å². The van der Waals surface area contributed by atoms with Crippen LogP contribution in [-0.4, -0.2) is 33.0 Å². The van der Waals surface area contributed by atoms with Crippen LogP contribution in [0.1, 0.15) is 54.7 Å². The summed E-state index contributed by atoms with van der Waals surface area (Å²) in [5, 5.41) is 20.4. The maximum Gasteiger partial charge on any atom is 0.573 e. The standard InChI is InChI=1S/C24H24F3NO5/c1-13-20(18(22(31)32)12-23(2,3)4)17-11-15(29)7-10-19(17)28(13)21(30)14-5-8-16(9-6-14)33-24(25,26)27/h5-11,18,29H,12H2,1-4H3,(H,31,32). The number of carbonyl (C=O) groups is 2. The summed E-state index contributed by atoms with van der Waals surface area (Å²) in [6.45, 7) is 7.34. The average Bonchev–Trinajstić information content (AvgIpc) is 2.95. The zero-order valence-corrected chi connectivity index (χ0v) is 18.5. The number of carbonyl (C=O) groups excluding carboxylic acids is 1. The predicted octanol–water partition coefficient (Wildman–Crippen LogP) is 5.85. The van der Waals surface area contributed by atoms with Crippen LogP contribution in [0.15, 0.2) is 42.5 Å². The van der Waals surface area contributed by atoms with E-state index >= 15 is 0 Å². The summed E-state index contributed by atoms with van der Waals surface area (Å²) in [5.74, 6) is -3.09. The third-order valence-electron chi connectivity index (χ3n) is 5.24. The number of hydrogen-bond acceptors (Lipinski definition) is 4. The van der Waals surface area contributed by atoms with E-state index < -0.39 is 29.9 Å². The van der Waals surface area contributed by atoms with Gasteiger partial charge in [0.25, 0.3) is 5.91 Å². The number of rotatable bonds is 5. The number of carboxylic acids is 1. The summed E-state index contributed by atoms with van der Waals surface area (Å²) < 4.78 is 42.4. The van der Waals surface area contributed by atoms with Crippen molar-refractivity contribution in [1.82, 2.24) is 4.57 Å². The molecule has 1 heterocycles. The number of fused-ring (bicyclic) bond motifs is 1. The topological polar surface area (TPSA) is 88.8 Å². The summed E-state index contributed by atoms with van der Waals surface area (Å²) in [5.41, 5.74) is 0.938. The number of nitrogens with zero attached hydrogens (tertiary/aromatic N) is 1. The summed E-state index contributed by atoms with van der Waals surface area (Å²) in [7, 11) is 0. The molecule has 2 N–H and O–H groups in total. The zero-order valence-electron chi connectivity index (χ0n) is 18.5. The van der Waals surface area contributed by atoms with Gasteiger partial charge in [0, 0.05) is 16.6 Å². The van der Waals surface area contributed by atoms with Crippen LogP contribution in [0.2, 0.25) is 0 Å². The van der Waals surface area contributed by atoms with E-state index in [1.807, 2.05) is 20.8 Å². The van der Waals surface area contributed by atoms with Crippen LogP contribution >= 0.6 is 0 Å². The van der Waals surface area contributed by atoms with Gasteiger partial charge in [-0.3, -0.25) is 14.2 Å². The molecule has 9 heteroatoms. The number of aromatic hydroxyl groups is 1. The van der Waals surface area contributed by atoms with Crippen molar-refractivity contribution in [3.63, 3.8) is 0 Å². The number of halogens is 3. The Morgan fingerprint density at radius 2 is 1.67 bits per heavy atom. The first-order chi connectivity index (χ1) is 15.2. The van der Waals surface area contributed by atoms with Gasteiger partial charge in [-0.2, -0.15) is 0 Å². The Morgan fingerprint density at radius 1 is 1.06 bits per heavy atom. The van der Waals surface area contributed by atoms with Gasteiger partial charge in [-0.1, -0.05) is 20.8 Å². The molecule has 0 saturated carbocycles. The molecule has 2 aromatic carbocycles. The molecule has 33 heavy (non-hydrogen) atoms. The van der Waals surface area contributed by atoms with Crippen molar-refractivity contribution in [3.05, 3.63) is 59.3 Å². The fraction of sp³-hybridized carbons (Fsp3) is 0.333. The molecule has 176 valence electrons. The van der Waals surface area contributed by atoms with E-state index in [0.717, 1.165) is 12.1 Å². The van der Waals surface area contributed by atoms with E-state index in [9.17, 15) is 33.0 Å². The molecule has 0 spiro atoms. The highest BCUT2D eigenvalue weighted by Gasteiger charge is 2.33. The smallest absolute Gasteiger partial charge is 0.508 e. The van der Waals surface area contributed by atoms with Gasteiger partial charge in [0.05, 0.1) is 11.4 Å². The molecule has 3 rings (SSSR count). The number of carboxylic acid groups (broad SMARTS) is 1. The zero-order chi connectivity index (χ0) is 24.7. The molecule has 0 radical (unpaired) electrons. The highest BCUT2D eigenvalue weighted by molar-refractivity contribution is 6.05. The average molecular weight is 463 g/mol. The summed E-state index contributed by atoms with van der Waals surface area (Å²) in [4.78, 5) is 25.5. The van der Waals surface area contributed by atoms with Crippen molar-refractivity contribution in [3.8, 4) is 11.5 Å². The molecule has 0 aliphatic carbocycles. The van der Waals surface area contributed by atoms with Crippen molar-refractivity contribution >= 4 is 22.8 Å². The molecule has 0 saturated heterocycles. The number of ether oxygens (including phenoxy) is 1. The molecular weight excluding hydrogens is 439 g/mol. The molecule has 1 atom stereocenters. The Balaban J connectivity index is 2.15. The lowest BCUT2D eigenvalue weighted by Gasteiger charge is -2.24. The van der Waals surface area contributed by atoms with Crippen LogP contribution in [0.25, 0.3) is 10.9 Å². The number of aromatic nitrogens is 1. The summed E-state index contributed by atoms with van der Waals surface area (Å²) >= 11 is 0. The van der Waals surface area contributed by atoms with Crippen molar-refractivity contribution < 1.29 is 37.7 Å². The second-order valence-electron chi connectivity index (χ2n) is 9.07. The van der Waals surface area contributed by atoms with E-state index in [4.69, 9.17) is 0 Å². The lowest BCUT2D eigenvalue weighted by atomic mass is 9.80. The predicted molar refractivity (Wildman–Crippen MR) is 116 cm³/mol. The molecule has 6 nitrogen and oxygen atoms in total. The first kappa shape index (κ1) is 24.2. The lowest BCUT2D eigenvalue weighted by Crippen LogP contribution is -2.21. The maximum atomic E-state index is 13.3. The Bertz CT molecular complexity index is 1200. The Kier molecular flexibility index (Phi) is 6.19. The molecule has 0 bridgehead atoms. The SMILES string of the molecule is Cc1c(C(CC(C)(C)C)C(=O)O)c2cc(O)ccc2n1C(=O)c1ccc(OC(F)(F)F)cc1. The summed E-state index contributed by atoms with van der Waals surface area (Å²) in [6, 6.07) is 8.80. The minimum absolute atomic E-state index is 0.0816. The van der Waals surface area contributed by atoms with Gasteiger partial charge < -0.3 is 14.9 Å². The fourth-order valence-corrected chi connectivity index (χ4v) is 3.99. The van der Waals surface area contributed by atoms with Gasteiger partial charge in [0.1, 0.15) is 11.5 Å². The molecular formula is C24H24F3NO5. The minimum Gasteiger partial charge on any atom is -0.508 e. The first-order valence-corrected chi connectivity index (χ1v) is 10.2. The van der Waals surface area contributed by atoms with E-state index in [1.165, 1.54) is 34.9 Å². The normalized spacial score (nSPS) is 13.2. The van der Waals surface area contributed by atoms with Crippen LogP contribution in [0.4, 0.5) is 13.2 Å². The van der Waals surface area contributed by atoms with Crippen molar-refractivity contribution in [1.29, 1.82) is 0 Å². The lowest BCUT2D eigenvalue weighted by molar-refractivity contribution is -0.274. The largest absolute Gasteiger partial charge is 0.573 e. The van der Waals surface area contributed by atoms with Crippen molar-refractivity contribution in [2.45, 2.75) is 46.4 Å². The number of phenols is 1. The highest BCUT2D eigenvalue weighted by Crippen LogP contribution is 2.40. The molecule has 0 aliphatic rings. The Morgan fingerprint density at radius 3 is 2.18 bits per heavy atom. The van der Waals surface area contributed by atoms with E-state index in [0.29, 0.717) is 22.2 Å². The number of phenolic OH excluding ortho intramolecular Hbond substituents is 1. The maximum absolute atomic E-state index is 13.3. The number of hydrogen-bond donors (Lipinski definition) is 2. The summed E-state index contributed by atoms with van der Waals surface area (Å²) in [6.07, 6.45) is -4.57. The first-order valence-electron chi connectivity index (χ1n) is 10.2. The van der Waals surface area contributed by atoms with E-state index in [-0.39, 0.29) is 23.1 Å². The highest BCUT2D eigenvalue weighted by atomic mass is 19.4. The van der Waals surface area contributed by atoms with Gasteiger partial charge >= 0.3 is 12.3 Å². The van der Waals surface area contributed by atoms with Crippen molar-refractivity contribution in [2.24, 2.45) is 5.41 Å².